The minimum absolute atomic E-state index is 0.0949. The van der Waals surface area contributed by atoms with Crippen LogP contribution in [0.4, 0.5) is 0 Å². The van der Waals surface area contributed by atoms with Gasteiger partial charge in [0.05, 0.1) is 0 Å². The number of likely N-dealkylation sites (tertiary alicyclic amines) is 1. The van der Waals surface area contributed by atoms with Crippen molar-refractivity contribution in [3.8, 4) is 0 Å². The van der Waals surface area contributed by atoms with E-state index in [1.807, 2.05) is 19.1 Å². The zero-order valence-corrected chi connectivity index (χ0v) is 10.7. The number of rotatable bonds is 4. The van der Waals surface area contributed by atoms with Crippen molar-refractivity contribution in [1.82, 2.24) is 4.90 Å². The summed E-state index contributed by atoms with van der Waals surface area (Å²) in [6.45, 7) is 2.03. The van der Waals surface area contributed by atoms with Gasteiger partial charge in [-0.2, -0.15) is 0 Å². The number of carboxylic acids is 1. The van der Waals surface area contributed by atoms with Gasteiger partial charge < -0.3 is 15.1 Å². The fraction of sp³-hybridized carbons (Fsp3) is 0.429. The van der Waals surface area contributed by atoms with Crippen molar-refractivity contribution in [1.29, 1.82) is 0 Å². The van der Waals surface area contributed by atoms with Gasteiger partial charge in [-0.3, -0.25) is 4.79 Å². The highest BCUT2D eigenvalue weighted by atomic mass is 16.4. The van der Waals surface area contributed by atoms with Gasteiger partial charge >= 0.3 is 5.97 Å². The fourth-order valence-electron chi connectivity index (χ4n) is 2.51. The summed E-state index contributed by atoms with van der Waals surface area (Å²) in [5, 5.41) is 18.6. The molecule has 5 heteroatoms. The molecule has 2 unspecified atom stereocenters. The largest absolute Gasteiger partial charge is 0.479 e. The minimum atomic E-state index is -1.04. The van der Waals surface area contributed by atoms with E-state index in [0.717, 1.165) is 5.56 Å². The summed E-state index contributed by atoms with van der Waals surface area (Å²) in [5.41, 5.74) is 1.47. The topological polar surface area (TPSA) is 77.8 Å². The smallest absolute Gasteiger partial charge is 0.331 e. The predicted octanol–water partition coefficient (Wildman–Crippen LogP) is 0.962. The second kappa shape index (κ2) is 5.40. The minimum Gasteiger partial charge on any atom is -0.479 e. The molecule has 0 bridgehead atoms. The maximum atomic E-state index is 11.9. The van der Waals surface area contributed by atoms with E-state index in [0.29, 0.717) is 12.1 Å². The van der Waals surface area contributed by atoms with Crippen LogP contribution in [0.3, 0.4) is 0 Å². The number of benzene rings is 1. The maximum absolute atomic E-state index is 11.9. The summed E-state index contributed by atoms with van der Waals surface area (Å²) in [5.74, 6) is -1.42. The lowest BCUT2D eigenvalue weighted by molar-refractivity contribution is -0.148. The molecule has 1 aliphatic rings. The molecule has 5 nitrogen and oxygen atoms in total. The van der Waals surface area contributed by atoms with Gasteiger partial charge in [0, 0.05) is 25.5 Å². The highest BCUT2D eigenvalue weighted by Gasteiger charge is 2.38. The SMILES string of the molecule is Cc1ccccc1C(C(=O)O)N1CC(CO)CC1=O. The van der Waals surface area contributed by atoms with Gasteiger partial charge in [-0.05, 0) is 18.1 Å². The van der Waals surface area contributed by atoms with Crippen LogP contribution < -0.4 is 0 Å². The average Bonchev–Trinajstić information content (AvgIpc) is 2.73. The van der Waals surface area contributed by atoms with Gasteiger partial charge in [-0.15, -0.1) is 0 Å². The van der Waals surface area contributed by atoms with Crippen LogP contribution in [0.2, 0.25) is 0 Å². The van der Waals surface area contributed by atoms with Crippen LogP contribution in [0.1, 0.15) is 23.6 Å². The third kappa shape index (κ3) is 2.61. The molecule has 0 spiro atoms. The number of carbonyl (C=O) groups is 2. The van der Waals surface area contributed by atoms with Gasteiger partial charge in [-0.1, -0.05) is 24.3 Å². The summed E-state index contributed by atoms with van der Waals surface area (Å²) in [6, 6.07) is 6.19. The molecule has 2 N–H and O–H groups in total. The second-order valence-electron chi connectivity index (χ2n) is 4.90. The van der Waals surface area contributed by atoms with Crippen LogP contribution in [0.15, 0.2) is 24.3 Å². The highest BCUT2D eigenvalue weighted by molar-refractivity contribution is 5.86. The van der Waals surface area contributed by atoms with E-state index in [9.17, 15) is 14.7 Å². The summed E-state index contributed by atoms with van der Waals surface area (Å²) < 4.78 is 0. The molecule has 2 atom stereocenters. The van der Waals surface area contributed by atoms with Crippen LogP contribution in [0, 0.1) is 12.8 Å². The number of nitrogens with zero attached hydrogens (tertiary/aromatic N) is 1. The number of aliphatic carboxylic acids is 1. The molecular weight excluding hydrogens is 246 g/mol. The van der Waals surface area contributed by atoms with Gasteiger partial charge in [0.15, 0.2) is 6.04 Å². The molecule has 0 aromatic heterocycles. The monoisotopic (exact) mass is 263 g/mol. The van der Waals surface area contributed by atoms with Gasteiger partial charge in [0.2, 0.25) is 5.91 Å². The van der Waals surface area contributed by atoms with Crippen LogP contribution in [0.25, 0.3) is 0 Å². The Balaban J connectivity index is 2.35. The Kier molecular flexibility index (Phi) is 3.85. The number of carbonyl (C=O) groups excluding carboxylic acids is 1. The Morgan fingerprint density at radius 3 is 2.68 bits per heavy atom. The third-order valence-corrected chi connectivity index (χ3v) is 3.53. The highest BCUT2D eigenvalue weighted by Crippen LogP contribution is 2.30. The molecule has 2 rings (SSSR count). The van der Waals surface area contributed by atoms with Gasteiger partial charge in [-0.25, -0.2) is 4.79 Å². The van der Waals surface area contributed by atoms with E-state index in [-0.39, 0.29) is 24.9 Å². The Labute approximate surface area is 111 Å². The first-order valence-electron chi connectivity index (χ1n) is 6.23. The van der Waals surface area contributed by atoms with E-state index in [4.69, 9.17) is 5.11 Å². The molecule has 1 saturated heterocycles. The van der Waals surface area contributed by atoms with Crippen molar-refractivity contribution >= 4 is 11.9 Å². The quantitative estimate of drug-likeness (QED) is 0.848. The first-order chi connectivity index (χ1) is 9.04. The van der Waals surface area contributed by atoms with Crippen molar-refractivity contribution in [3.05, 3.63) is 35.4 Å². The Morgan fingerprint density at radius 1 is 1.47 bits per heavy atom. The Hall–Kier alpha value is -1.88. The molecule has 1 amide bonds. The standard InChI is InChI=1S/C14H17NO4/c1-9-4-2-3-5-11(9)13(14(18)19)15-7-10(8-16)6-12(15)17/h2-5,10,13,16H,6-8H2,1H3,(H,18,19). The first-order valence-corrected chi connectivity index (χ1v) is 6.23. The molecule has 0 saturated carbocycles. The summed E-state index contributed by atoms with van der Waals surface area (Å²) in [6.07, 6.45) is 0.214. The van der Waals surface area contributed by atoms with Gasteiger partial charge in [0.1, 0.15) is 0 Å². The predicted molar refractivity (Wildman–Crippen MR) is 68.5 cm³/mol. The number of hydrogen-bond acceptors (Lipinski definition) is 3. The molecule has 1 fully saturated rings. The molecule has 1 heterocycles. The van der Waals surface area contributed by atoms with Crippen LogP contribution >= 0.6 is 0 Å². The third-order valence-electron chi connectivity index (χ3n) is 3.53. The normalized spacial score (nSPS) is 20.6. The first kappa shape index (κ1) is 13.5. The summed E-state index contributed by atoms with van der Waals surface area (Å²) >= 11 is 0. The zero-order chi connectivity index (χ0) is 14.0. The summed E-state index contributed by atoms with van der Waals surface area (Å²) in [4.78, 5) is 24.8. The molecule has 102 valence electrons. The number of amides is 1. The molecule has 19 heavy (non-hydrogen) atoms. The lowest BCUT2D eigenvalue weighted by Gasteiger charge is -2.26. The molecular formula is C14H17NO4. The van der Waals surface area contributed by atoms with E-state index in [2.05, 4.69) is 0 Å². The fourth-order valence-corrected chi connectivity index (χ4v) is 2.51. The van der Waals surface area contributed by atoms with E-state index in [1.165, 1.54) is 4.90 Å². The number of hydrogen-bond donors (Lipinski definition) is 2. The number of aryl methyl sites for hydroxylation is 1. The Morgan fingerprint density at radius 2 is 2.16 bits per heavy atom. The molecule has 1 aromatic carbocycles. The Bertz CT molecular complexity index is 500. The number of aliphatic hydroxyl groups excluding tert-OH is 1. The van der Waals surface area contributed by atoms with Crippen molar-refractivity contribution in [2.75, 3.05) is 13.2 Å². The lowest BCUT2D eigenvalue weighted by Crippen LogP contribution is -2.36. The van der Waals surface area contributed by atoms with E-state index >= 15 is 0 Å². The number of aliphatic hydroxyl groups is 1. The molecule has 0 aliphatic carbocycles. The zero-order valence-electron chi connectivity index (χ0n) is 10.7. The lowest BCUT2D eigenvalue weighted by atomic mass is 10.00. The van der Waals surface area contributed by atoms with Gasteiger partial charge in [0.25, 0.3) is 0 Å². The number of carboxylic acid groups (broad SMARTS) is 1. The maximum Gasteiger partial charge on any atom is 0.331 e. The van der Waals surface area contributed by atoms with E-state index in [1.54, 1.807) is 12.1 Å². The van der Waals surface area contributed by atoms with Crippen molar-refractivity contribution in [3.63, 3.8) is 0 Å². The molecule has 1 aliphatic heterocycles. The van der Waals surface area contributed by atoms with Crippen molar-refractivity contribution in [2.24, 2.45) is 5.92 Å². The van der Waals surface area contributed by atoms with Crippen molar-refractivity contribution < 1.29 is 19.8 Å². The van der Waals surface area contributed by atoms with Crippen molar-refractivity contribution in [2.45, 2.75) is 19.4 Å². The van der Waals surface area contributed by atoms with E-state index < -0.39 is 12.0 Å². The summed E-state index contributed by atoms with van der Waals surface area (Å²) in [7, 11) is 0. The average molecular weight is 263 g/mol. The molecule has 1 aromatic rings. The second-order valence-corrected chi connectivity index (χ2v) is 4.90. The molecule has 0 radical (unpaired) electrons. The van der Waals surface area contributed by atoms with Crippen LogP contribution in [-0.2, 0) is 9.59 Å². The van der Waals surface area contributed by atoms with Crippen LogP contribution in [-0.4, -0.2) is 40.1 Å². The van der Waals surface area contributed by atoms with Crippen LogP contribution in [0.5, 0.6) is 0 Å².